The predicted molar refractivity (Wildman–Crippen MR) is 138 cm³/mol. The van der Waals surface area contributed by atoms with Gasteiger partial charge in [-0.3, -0.25) is 0 Å². The fourth-order valence-corrected chi connectivity index (χ4v) is 3.68. The molecule has 0 atom stereocenters. The van der Waals surface area contributed by atoms with Crippen LogP contribution in [0.3, 0.4) is 0 Å². The van der Waals surface area contributed by atoms with Crippen LogP contribution in [0.1, 0.15) is 136 Å². The number of rotatable bonds is 21. The van der Waals surface area contributed by atoms with Crippen LogP contribution in [0.15, 0.2) is 0 Å². The summed E-state index contributed by atoms with van der Waals surface area (Å²) in [5.41, 5.74) is 0. The van der Waals surface area contributed by atoms with E-state index in [1.165, 1.54) is 135 Å². The fraction of sp³-hybridized carbons (Fsp3) is 1.00. The van der Waals surface area contributed by atoms with Crippen molar-refractivity contribution in [2.75, 3.05) is 19.6 Å². The van der Waals surface area contributed by atoms with Crippen molar-refractivity contribution in [1.82, 2.24) is 4.90 Å². The fourth-order valence-electron chi connectivity index (χ4n) is 3.68. The molecule has 0 aliphatic heterocycles. The zero-order valence-corrected chi connectivity index (χ0v) is 22.2. The Bertz CT molecular complexity index is 320. The molecule has 0 aliphatic carbocycles. The van der Waals surface area contributed by atoms with Gasteiger partial charge in [0.15, 0.2) is 0 Å². The topological polar surface area (TPSA) is 63.9 Å². The third-order valence-corrected chi connectivity index (χ3v) is 5.48. The lowest BCUT2D eigenvalue weighted by Crippen LogP contribution is -2.27. The lowest BCUT2D eigenvalue weighted by molar-refractivity contribution is 0.254. The van der Waals surface area contributed by atoms with Gasteiger partial charge in [0.1, 0.15) is 0 Å². The zero-order chi connectivity index (χ0) is 22.9. The number of hydrogen-bond acceptors (Lipinski definition) is 2. The van der Waals surface area contributed by atoms with E-state index in [9.17, 15) is 0 Å². The van der Waals surface area contributed by atoms with Crippen molar-refractivity contribution in [2.45, 2.75) is 136 Å². The molecule has 0 amide bonds. The molecule has 0 saturated carbocycles. The van der Waals surface area contributed by atoms with Gasteiger partial charge < -0.3 is 19.6 Å². The first-order valence-corrected chi connectivity index (χ1v) is 15.5. The van der Waals surface area contributed by atoms with Crippen molar-refractivity contribution in [3.63, 3.8) is 0 Å². The monoisotopic (exact) mass is 467 g/mol. The Morgan fingerprint density at radius 3 is 0.900 bits per heavy atom. The summed E-state index contributed by atoms with van der Waals surface area (Å²) < 4.78 is 0. The van der Waals surface area contributed by atoms with Gasteiger partial charge in [-0.1, -0.05) is 117 Å². The third kappa shape index (κ3) is 35.9. The first-order valence-electron chi connectivity index (χ1n) is 12.9. The van der Waals surface area contributed by atoms with Crippen molar-refractivity contribution in [3.8, 4) is 0 Å². The van der Waals surface area contributed by atoms with Gasteiger partial charge in [-0.25, -0.2) is 0 Å². The molecule has 3 N–H and O–H groups in total. The van der Waals surface area contributed by atoms with Crippen molar-refractivity contribution >= 4 is 18.5 Å². The summed E-state index contributed by atoms with van der Waals surface area (Å²) in [5, 5.41) is 0. The molecule has 0 saturated heterocycles. The van der Waals surface area contributed by atoms with Gasteiger partial charge >= 0.3 is 6.72 Å². The Morgan fingerprint density at radius 1 is 0.467 bits per heavy atom. The Kier molecular flexibility index (Phi) is 28.0. The average Bonchev–Trinajstić information content (AvgIpc) is 2.68. The molecule has 6 heteroatoms. The van der Waals surface area contributed by atoms with Crippen molar-refractivity contribution in [2.24, 2.45) is 0 Å². The maximum atomic E-state index is 7.56. The van der Waals surface area contributed by atoms with Crippen LogP contribution in [-0.4, -0.2) is 39.2 Å². The SMILES string of the molecule is CCCCCCCCN(CCCCCCCC)CCCCCCCC.OP(O)(O)=S. The summed E-state index contributed by atoms with van der Waals surface area (Å²) in [6.07, 6.45) is 25.7. The molecular weight excluding hydrogens is 413 g/mol. The van der Waals surface area contributed by atoms with E-state index < -0.39 is 6.72 Å². The van der Waals surface area contributed by atoms with E-state index in [0.29, 0.717) is 0 Å². The lowest BCUT2D eigenvalue weighted by Gasteiger charge is -2.22. The van der Waals surface area contributed by atoms with E-state index >= 15 is 0 Å². The highest BCUT2D eigenvalue weighted by Crippen LogP contribution is 2.26. The molecule has 0 aromatic heterocycles. The highest BCUT2D eigenvalue weighted by atomic mass is 32.5. The Hall–Kier alpha value is 0.490. The Labute approximate surface area is 194 Å². The molecule has 0 heterocycles. The van der Waals surface area contributed by atoms with Crippen LogP contribution in [0.4, 0.5) is 0 Å². The number of nitrogens with zero attached hydrogens (tertiary/aromatic N) is 1. The van der Waals surface area contributed by atoms with Crippen LogP contribution in [-0.2, 0) is 11.8 Å². The summed E-state index contributed by atoms with van der Waals surface area (Å²) in [6.45, 7) is 7.19. The number of hydrogen-bond donors (Lipinski definition) is 3. The van der Waals surface area contributed by atoms with Crippen molar-refractivity contribution < 1.29 is 14.7 Å². The minimum absolute atomic E-state index is 1.36. The minimum atomic E-state index is -3.81. The van der Waals surface area contributed by atoms with Gasteiger partial charge in [0.25, 0.3) is 0 Å². The van der Waals surface area contributed by atoms with Crippen LogP contribution in [0, 0.1) is 0 Å². The molecule has 0 spiro atoms. The zero-order valence-electron chi connectivity index (χ0n) is 20.5. The summed E-state index contributed by atoms with van der Waals surface area (Å²) in [5.74, 6) is 0. The summed E-state index contributed by atoms with van der Waals surface area (Å²) in [4.78, 5) is 25.5. The van der Waals surface area contributed by atoms with Gasteiger partial charge in [0.05, 0.1) is 0 Å². The Morgan fingerprint density at radius 2 is 0.667 bits per heavy atom. The van der Waals surface area contributed by atoms with Crippen LogP contribution < -0.4 is 0 Å². The quantitative estimate of drug-likeness (QED) is 0.120. The molecule has 0 bridgehead atoms. The first-order chi connectivity index (χ1) is 14.3. The lowest BCUT2D eigenvalue weighted by atomic mass is 10.1. The van der Waals surface area contributed by atoms with E-state index in [0.717, 1.165) is 0 Å². The van der Waals surface area contributed by atoms with Crippen molar-refractivity contribution in [1.29, 1.82) is 0 Å². The van der Waals surface area contributed by atoms with Crippen LogP contribution >= 0.6 is 6.72 Å². The summed E-state index contributed by atoms with van der Waals surface area (Å²) >= 11 is 3.60. The molecule has 0 rings (SSSR count). The van der Waals surface area contributed by atoms with Gasteiger partial charge in [-0.15, -0.1) is 0 Å². The molecule has 0 unspecified atom stereocenters. The van der Waals surface area contributed by atoms with E-state index in [2.05, 4.69) is 37.5 Å². The normalized spacial score (nSPS) is 11.6. The highest BCUT2D eigenvalue weighted by Gasteiger charge is 2.05. The molecule has 0 aromatic carbocycles. The minimum Gasteiger partial charge on any atom is -0.325 e. The van der Waals surface area contributed by atoms with Gasteiger partial charge in [-0.05, 0) is 50.7 Å². The summed E-state index contributed by atoms with van der Waals surface area (Å²) in [7, 11) is 0. The number of unbranched alkanes of at least 4 members (excludes halogenated alkanes) is 15. The highest BCUT2D eigenvalue weighted by molar-refractivity contribution is 8.06. The smallest absolute Gasteiger partial charge is 0.319 e. The maximum Gasteiger partial charge on any atom is 0.319 e. The van der Waals surface area contributed by atoms with Crippen LogP contribution in [0.25, 0.3) is 0 Å². The van der Waals surface area contributed by atoms with E-state index in [1.54, 1.807) is 0 Å². The first kappa shape index (κ1) is 32.7. The second-order valence-electron chi connectivity index (χ2n) is 8.66. The molecule has 0 aromatic rings. The molecule has 184 valence electrons. The van der Waals surface area contributed by atoms with Crippen LogP contribution in [0.2, 0.25) is 0 Å². The second kappa shape index (κ2) is 25.7. The molecule has 30 heavy (non-hydrogen) atoms. The largest absolute Gasteiger partial charge is 0.325 e. The maximum absolute atomic E-state index is 7.56. The van der Waals surface area contributed by atoms with Gasteiger partial charge in [0.2, 0.25) is 0 Å². The predicted octanol–water partition coefficient (Wildman–Crippen LogP) is 7.56. The molecular formula is C24H54NO3PS. The van der Waals surface area contributed by atoms with Gasteiger partial charge in [0, 0.05) is 0 Å². The average molecular weight is 468 g/mol. The Balaban J connectivity index is 0. The second-order valence-corrected chi connectivity index (χ2v) is 11.2. The molecule has 0 radical (unpaired) electrons. The van der Waals surface area contributed by atoms with E-state index in [-0.39, 0.29) is 0 Å². The van der Waals surface area contributed by atoms with E-state index in [1.807, 2.05) is 0 Å². The molecule has 0 fully saturated rings. The van der Waals surface area contributed by atoms with E-state index in [4.69, 9.17) is 14.7 Å². The standard InChI is InChI=1S/C24H51N.H3O3PS/c1-4-7-10-13-16-19-22-25(23-20-17-14-11-8-5-2)24-21-18-15-12-9-6-3;1-4(2,3)5/h4-24H2,1-3H3;(H3,1,2,3,5). The van der Waals surface area contributed by atoms with Crippen LogP contribution in [0.5, 0.6) is 0 Å². The summed E-state index contributed by atoms with van der Waals surface area (Å²) in [6, 6.07) is 0. The molecule has 4 nitrogen and oxygen atoms in total. The van der Waals surface area contributed by atoms with Gasteiger partial charge in [-0.2, -0.15) is 0 Å². The third-order valence-electron chi connectivity index (χ3n) is 5.48. The molecule has 0 aliphatic rings. The van der Waals surface area contributed by atoms with Crippen molar-refractivity contribution in [3.05, 3.63) is 0 Å².